The van der Waals surface area contributed by atoms with Gasteiger partial charge in [0, 0.05) is 48.3 Å². The number of nitrogens with zero attached hydrogens (tertiary/aromatic N) is 1. The molecule has 0 radical (unpaired) electrons. The normalized spacial score (nSPS) is 24.5. The maximum Gasteiger partial charge on any atom is 0.255 e. The summed E-state index contributed by atoms with van der Waals surface area (Å²) in [6, 6.07) is 7.24. The van der Waals surface area contributed by atoms with Gasteiger partial charge in [0.2, 0.25) is 5.78 Å². The van der Waals surface area contributed by atoms with E-state index in [1.807, 2.05) is 18.2 Å². The number of aromatic hydroxyl groups is 1. The molecule has 0 bridgehead atoms. The molecule has 1 saturated carbocycles. The summed E-state index contributed by atoms with van der Waals surface area (Å²) in [6.07, 6.45) is 1.56. The van der Waals surface area contributed by atoms with Crippen molar-refractivity contribution < 1.29 is 34.8 Å². The van der Waals surface area contributed by atoms with Gasteiger partial charge in [-0.15, -0.1) is 0 Å². The van der Waals surface area contributed by atoms with Crippen molar-refractivity contribution in [3.63, 3.8) is 0 Å². The van der Waals surface area contributed by atoms with Crippen molar-refractivity contribution in [2.45, 2.75) is 52.2 Å². The lowest BCUT2D eigenvalue weighted by atomic mass is 9.59. The van der Waals surface area contributed by atoms with Crippen LogP contribution in [0, 0.1) is 17.3 Å². The van der Waals surface area contributed by atoms with Gasteiger partial charge in [-0.05, 0) is 47.9 Å². The molecule has 5 rings (SSSR count). The van der Waals surface area contributed by atoms with Gasteiger partial charge in [0.25, 0.3) is 5.91 Å². The number of phenolic OH excluding ortho intramolecular Hbond substituents is 1. The second kappa shape index (κ2) is 9.57. The van der Waals surface area contributed by atoms with E-state index in [1.165, 1.54) is 0 Å². The zero-order chi connectivity index (χ0) is 29.1. The van der Waals surface area contributed by atoms with E-state index in [2.05, 4.69) is 31.1 Å². The molecule has 2 aromatic rings. The number of aromatic nitrogens is 1. The molecule has 7 N–H and O–H groups in total. The highest BCUT2D eigenvalue weighted by Crippen LogP contribution is 2.53. The second-order valence-corrected chi connectivity index (χ2v) is 12.1. The van der Waals surface area contributed by atoms with Crippen LogP contribution in [0.4, 0.5) is 0 Å². The Kier molecular flexibility index (Phi) is 6.59. The monoisotopic (exact) mass is 547 g/mol. The number of fused-ring (bicyclic) bond motifs is 3. The topological polar surface area (TPSA) is 183 Å². The highest BCUT2D eigenvalue weighted by Gasteiger charge is 2.60. The minimum absolute atomic E-state index is 0.0217. The number of nitrogens with two attached hydrogens (primary N) is 1. The van der Waals surface area contributed by atoms with Crippen molar-refractivity contribution >= 4 is 23.2 Å². The fourth-order valence-corrected chi connectivity index (χ4v) is 6.20. The average Bonchev–Trinajstić information content (AvgIpc) is 2.87. The number of amides is 1. The van der Waals surface area contributed by atoms with Gasteiger partial charge in [0.05, 0.1) is 11.3 Å². The molecule has 3 aliphatic carbocycles. The third-order valence-electron chi connectivity index (χ3n) is 8.05. The van der Waals surface area contributed by atoms with Gasteiger partial charge in [0.1, 0.15) is 22.8 Å². The summed E-state index contributed by atoms with van der Waals surface area (Å²) in [7, 11) is 0. The average molecular weight is 548 g/mol. The maximum atomic E-state index is 13.8. The molecule has 210 valence electrons. The maximum absolute atomic E-state index is 13.8. The van der Waals surface area contributed by atoms with Crippen LogP contribution >= 0.6 is 0 Å². The number of carbonyl (C=O) groups excluding carboxylic acids is 3. The van der Waals surface area contributed by atoms with Crippen LogP contribution in [0.2, 0.25) is 0 Å². The number of hydrogen-bond donors (Lipinski definition) is 6. The van der Waals surface area contributed by atoms with Gasteiger partial charge < -0.3 is 31.5 Å². The van der Waals surface area contributed by atoms with E-state index < -0.39 is 52.0 Å². The van der Waals surface area contributed by atoms with E-state index in [0.717, 1.165) is 0 Å². The molecule has 0 saturated heterocycles. The smallest absolute Gasteiger partial charge is 0.255 e. The molecule has 3 atom stereocenters. The Balaban J connectivity index is 1.69. The van der Waals surface area contributed by atoms with Crippen molar-refractivity contribution in [2.24, 2.45) is 23.0 Å². The van der Waals surface area contributed by atoms with Crippen molar-refractivity contribution in [1.29, 1.82) is 0 Å². The van der Waals surface area contributed by atoms with Crippen LogP contribution in [0.15, 0.2) is 47.4 Å². The summed E-state index contributed by atoms with van der Waals surface area (Å²) in [5, 5.41) is 48.5. The third-order valence-corrected chi connectivity index (χ3v) is 8.05. The molecule has 0 aliphatic heterocycles. The van der Waals surface area contributed by atoms with Gasteiger partial charge in [-0.25, -0.2) is 0 Å². The van der Waals surface area contributed by atoms with Crippen LogP contribution in [-0.4, -0.2) is 55.0 Å². The summed E-state index contributed by atoms with van der Waals surface area (Å²) in [5.41, 5.74) is 4.09. The number of carbonyl (C=O) groups is 3. The standard InChI is InChI=1S/C30H33N3O7/c1-29(2,3)13-32-12-15-10-17(19-6-4-5-7-33-19)18-9-14-8-16-11-20(34)23(28(31)39)27(38)30(16,40)26(37)21(14)25(36)22(18)24(15)35/h4-7,10,14,16,32,35-36,38,40H,8-9,11-13H2,1-3H3,(H2,31,39)/t14-,16+,30+/m1/s1. The zero-order valence-corrected chi connectivity index (χ0v) is 22.6. The van der Waals surface area contributed by atoms with E-state index >= 15 is 0 Å². The van der Waals surface area contributed by atoms with Crippen molar-refractivity contribution in [2.75, 3.05) is 6.54 Å². The lowest BCUT2D eigenvalue weighted by molar-refractivity contribution is -0.147. The number of aliphatic hydroxyl groups excluding tert-OH is 2. The number of primary amides is 1. The van der Waals surface area contributed by atoms with Crippen LogP contribution in [-0.2, 0) is 27.3 Å². The molecule has 1 fully saturated rings. The van der Waals surface area contributed by atoms with E-state index in [1.54, 1.807) is 12.3 Å². The van der Waals surface area contributed by atoms with Crippen molar-refractivity contribution in [3.8, 4) is 17.0 Å². The van der Waals surface area contributed by atoms with Crippen molar-refractivity contribution in [1.82, 2.24) is 10.3 Å². The zero-order valence-electron chi connectivity index (χ0n) is 22.6. The Morgan fingerprint density at radius 1 is 1.18 bits per heavy atom. The first-order chi connectivity index (χ1) is 18.8. The molecule has 1 amide bonds. The highest BCUT2D eigenvalue weighted by atomic mass is 16.3. The van der Waals surface area contributed by atoms with Crippen LogP contribution in [0.25, 0.3) is 17.0 Å². The Labute approximate surface area is 231 Å². The number of nitrogens with one attached hydrogen (secondary N) is 1. The van der Waals surface area contributed by atoms with Crippen LogP contribution in [0.3, 0.4) is 0 Å². The lowest BCUT2D eigenvalue weighted by Crippen LogP contribution is -2.58. The van der Waals surface area contributed by atoms with Gasteiger partial charge in [0.15, 0.2) is 11.4 Å². The number of aliphatic hydroxyl groups is 3. The van der Waals surface area contributed by atoms with Crippen LogP contribution in [0.5, 0.6) is 5.75 Å². The first kappa shape index (κ1) is 27.5. The molecule has 0 spiro atoms. The molecule has 40 heavy (non-hydrogen) atoms. The van der Waals surface area contributed by atoms with E-state index in [9.17, 15) is 34.8 Å². The Morgan fingerprint density at radius 2 is 1.90 bits per heavy atom. The third kappa shape index (κ3) is 4.28. The molecule has 3 aliphatic rings. The minimum atomic E-state index is -2.60. The molecule has 0 unspecified atom stereocenters. The molecule has 10 nitrogen and oxygen atoms in total. The quantitative estimate of drug-likeness (QED) is 0.306. The number of Topliss-reactive ketones (excluding diaryl/α,β-unsaturated/α-hetero) is 2. The number of hydrogen-bond acceptors (Lipinski definition) is 9. The highest BCUT2D eigenvalue weighted by molar-refractivity contribution is 6.22. The van der Waals surface area contributed by atoms with Crippen LogP contribution < -0.4 is 11.1 Å². The number of rotatable bonds is 5. The van der Waals surface area contributed by atoms with Gasteiger partial charge in [-0.1, -0.05) is 26.8 Å². The number of benzene rings is 1. The largest absolute Gasteiger partial charge is 0.508 e. The molecule has 1 aromatic heterocycles. The molecular weight excluding hydrogens is 514 g/mol. The molecule has 10 heteroatoms. The predicted molar refractivity (Wildman–Crippen MR) is 146 cm³/mol. The predicted octanol–water partition coefficient (Wildman–Crippen LogP) is 2.62. The Bertz CT molecular complexity index is 1500. The minimum Gasteiger partial charge on any atom is -0.508 e. The molecule has 1 aromatic carbocycles. The van der Waals surface area contributed by atoms with Gasteiger partial charge >= 0.3 is 0 Å². The van der Waals surface area contributed by atoms with Gasteiger partial charge in [-0.2, -0.15) is 0 Å². The number of pyridine rings is 1. The Hall–Kier alpha value is -4.02. The molecule has 1 heterocycles. The summed E-state index contributed by atoms with van der Waals surface area (Å²) < 4.78 is 0. The second-order valence-electron chi connectivity index (χ2n) is 12.1. The van der Waals surface area contributed by atoms with E-state index in [0.29, 0.717) is 28.9 Å². The van der Waals surface area contributed by atoms with E-state index in [-0.39, 0.29) is 48.1 Å². The van der Waals surface area contributed by atoms with Crippen molar-refractivity contribution in [3.05, 3.63) is 64.1 Å². The SMILES string of the molecule is CC(C)(C)CNCc1cc(-c2ccccn2)c2c(c1O)C(O)=C1C(=O)[C@]3(O)C(O)=C(C(N)=O)C(=O)C[C@@H]3C[C@@H]1C2. The number of ketones is 2. The summed E-state index contributed by atoms with van der Waals surface area (Å²) >= 11 is 0. The van der Waals surface area contributed by atoms with E-state index in [4.69, 9.17) is 5.73 Å². The summed E-state index contributed by atoms with van der Waals surface area (Å²) in [4.78, 5) is 42.8. The first-order valence-corrected chi connectivity index (χ1v) is 13.2. The summed E-state index contributed by atoms with van der Waals surface area (Å²) in [6.45, 7) is 7.14. The van der Waals surface area contributed by atoms with Crippen LogP contribution in [0.1, 0.15) is 50.3 Å². The Morgan fingerprint density at radius 3 is 2.52 bits per heavy atom. The lowest BCUT2D eigenvalue weighted by Gasteiger charge is -2.46. The first-order valence-electron chi connectivity index (χ1n) is 13.2. The summed E-state index contributed by atoms with van der Waals surface area (Å²) in [5.74, 6) is -6.47. The number of phenols is 1. The fraction of sp³-hybridized carbons (Fsp3) is 0.400. The molecular formula is C30H33N3O7. The van der Waals surface area contributed by atoms with Gasteiger partial charge in [-0.3, -0.25) is 19.4 Å². The fourth-order valence-electron chi connectivity index (χ4n) is 6.20.